The molecule has 0 heterocycles. The number of nitrogens with one attached hydrogen (secondary N) is 3. The lowest BCUT2D eigenvalue weighted by atomic mass is 10.1. The van der Waals surface area contributed by atoms with Crippen molar-refractivity contribution >= 4 is 11.9 Å². The lowest BCUT2D eigenvalue weighted by molar-refractivity contribution is 0.0951. The van der Waals surface area contributed by atoms with Gasteiger partial charge >= 0.3 is 0 Å². The minimum atomic E-state index is -0.0304. The molecular formula is C19H31N5O. The molecule has 1 aliphatic rings. The molecule has 3 N–H and O–H groups in total. The summed E-state index contributed by atoms with van der Waals surface area (Å²) in [6.45, 7) is 2.12. The fourth-order valence-corrected chi connectivity index (χ4v) is 2.96. The Hall–Kier alpha value is -2.08. The van der Waals surface area contributed by atoms with Crippen LogP contribution in [0, 0.1) is 0 Å². The van der Waals surface area contributed by atoms with Crippen molar-refractivity contribution in [2.45, 2.75) is 38.3 Å². The summed E-state index contributed by atoms with van der Waals surface area (Å²) in [5, 5.41) is 9.75. The third-order valence-corrected chi connectivity index (χ3v) is 4.41. The van der Waals surface area contributed by atoms with Gasteiger partial charge in [-0.1, -0.05) is 25.0 Å². The van der Waals surface area contributed by atoms with Crippen LogP contribution in [-0.2, 0) is 6.54 Å². The second-order valence-corrected chi connectivity index (χ2v) is 6.81. The topological polar surface area (TPSA) is 68.8 Å². The second kappa shape index (κ2) is 10.0. The molecule has 6 heteroatoms. The average molecular weight is 345 g/mol. The van der Waals surface area contributed by atoms with E-state index >= 15 is 0 Å². The van der Waals surface area contributed by atoms with E-state index in [1.54, 1.807) is 7.05 Å². The standard InChI is InChI=1S/C19H31N5O/c1-20-19(23-17-9-4-5-10-17)22-14-15-7-6-8-16(13-15)18(25)21-11-12-24(2)3/h6-8,13,17H,4-5,9-12,14H2,1-3H3,(H,21,25)(H2,20,22,23). The zero-order chi connectivity index (χ0) is 18.1. The molecule has 138 valence electrons. The minimum absolute atomic E-state index is 0.0304. The lowest BCUT2D eigenvalue weighted by Crippen LogP contribution is -2.41. The van der Waals surface area contributed by atoms with Crippen LogP contribution in [0.3, 0.4) is 0 Å². The van der Waals surface area contributed by atoms with Crippen molar-refractivity contribution in [2.24, 2.45) is 4.99 Å². The molecule has 1 fully saturated rings. The molecule has 0 radical (unpaired) electrons. The number of carbonyl (C=O) groups is 1. The maximum absolute atomic E-state index is 12.2. The summed E-state index contributed by atoms with van der Waals surface area (Å²) in [5.74, 6) is 0.796. The predicted molar refractivity (Wildman–Crippen MR) is 103 cm³/mol. The predicted octanol–water partition coefficient (Wildman–Crippen LogP) is 1.59. The highest BCUT2D eigenvalue weighted by molar-refractivity contribution is 5.94. The van der Waals surface area contributed by atoms with Gasteiger partial charge < -0.3 is 20.9 Å². The van der Waals surface area contributed by atoms with E-state index in [9.17, 15) is 4.79 Å². The number of rotatable bonds is 7. The molecule has 1 saturated carbocycles. The molecule has 0 spiro atoms. The quantitative estimate of drug-likeness (QED) is 0.518. The molecular weight excluding hydrogens is 314 g/mol. The largest absolute Gasteiger partial charge is 0.354 e. The van der Waals surface area contributed by atoms with Crippen LogP contribution in [0.5, 0.6) is 0 Å². The van der Waals surface area contributed by atoms with Crippen molar-refractivity contribution in [3.05, 3.63) is 35.4 Å². The zero-order valence-electron chi connectivity index (χ0n) is 15.6. The van der Waals surface area contributed by atoms with E-state index in [-0.39, 0.29) is 5.91 Å². The molecule has 1 aliphatic carbocycles. The Bertz CT molecular complexity index is 579. The SMILES string of the molecule is CN=C(NCc1cccc(C(=O)NCCN(C)C)c1)NC1CCCC1. The second-order valence-electron chi connectivity index (χ2n) is 6.81. The molecule has 0 bridgehead atoms. The number of hydrogen-bond acceptors (Lipinski definition) is 3. The number of hydrogen-bond donors (Lipinski definition) is 3. The van der Waals surface area contributed by atoms with Crippen LogP contribution in [0.15, 0.2) is 29.3 Å². The Morgan fingerprint density at radius 2 is 2.00 bits per heavy atom. The summed E-state index contributed by atoms with van der Waals surface area (Å²) in [6, 6.07) is 8.25. The van der Waals surface area contributed by atoms with Crippen molar-refractivity contribution < 1.29 is 4.79 Å². The van der Waals surface area contributed by atoms with Gasteiger partial charge in [0.2, 0.25) is 0 Å². The Morgan fingerprint density at radius 3 is 2.68 bits per heavy atom. The monoisotopic (exact) mass is 345 g/mol. The molecule has 1 aromatic carbocycles. The first-order chi connectivity index (χ1) is 12.1. The maximum Gasteiger partial charge on any atom is 0.251 e. The number of likely N-dealkylation sites (N-methyl/N-ethyl adjacent to an activating group) is 1. The number of aliphatic imine (C=N–C) groups is 1. The fourth-order valence-electron chi connectivity index (χ4n) is 2.96. The van der Waals surface area contributed by atoms with Crippen LogP contribution in [0.2, 0.25) is 0 Å². The van der Waals surface area contributed by atoms with Crippen molar-refractivity contribution in [3.63, 3.8) is 0 Å². The summed E-state index contributed by atoms with van der Waals surface area (Å²) in [6.07, 6.45) is 5.01. The van der Waals surface area contributed by atoms with Crippen LogP contribution in [-0.4, -0.2) is 57.0 Å². The normalized spacial score (nSPS) is 15.4. The van der Waals surface area contributed by atoms with Crippen LogP contribution in [0.4, 0.5) is 0 Å². The molecule has 0 saturated heterocycles. The van der Waals surface area contributed by atoms with Crippen LogP contribution in [0.1, 0.15) is 41.6 Å². The van der Waals surface area contributed by atoms with Crippen LogP contribution in [0.25, 0.3) is 0 Å². The van der Waals surface area contributed by atoms with Gasteiger partial charge in [0.25, 0.3) is 5.91 Å². The van der Waals surface area contributed by atoms with Crippen molar-refractivity contribution in [3.8, 4) is 0 Å². The molecule has 0 atom stereocenters. The third kappa shape index (κ3) is 6.74. The van der Waals surface area contributed by atoms with Gasteiger partial charge in [-0.25, -0.2) is 0 Å². The average Bonchev–Trinajstić information content (AvgIpc) is 3.11. The Kier molecular flexibility index (Phi) is 7.73. The van der Waals surface area contributed by atoms with Gasteiger partial charge in [-0.15, -0.1) is 0 Å². The summed E-state index contributed by atoms with van der Waals surface area (Å²) in [5.41, 5.74) is 1.76. The van der Waals surface area contributed by atoms with E-state index in [1.165, 1.54) is 25.7 Å². The molecule has 1 aromatic rings. The van der Waals surface area contributed by atoms with E-state index in [2.05, 4.69) is 20.9 Å². The smallest absolute Gasteiger partial charge is 0.251 e. The fraction of sp³-hybridized carbons (Fsp3) is 0.579. The Morgan fingerprint density at radius 1 is 1.24 bits per heavy atom. The van der Waals surface area contributed by atoms with Crippen LogP contribution < -0.4 is 16.0 Å². The van der Waals surface area contributed by atoms with Crippen molar-refractivity contribution in [2.75, 3.05) is 34.2 Å². The molecule has 0 aliphatic heterocycles. The van der Waals surface area contributed by atoms with Crippen molar-refractivity contribution in [1.29, 1.82) is 0 Å². The molecule has 0 aromatic heterocycles. The van der Waals surface area contributed by atoms with Gasteiger partial charge in [0.1, 0.15) is 0 Å². The number of nitrogens with zero attached hydrogens (tertiary/aromatic N) is 2. The highest BCUT2D eigenvalue weighted by atomic mass is 16.1. The number of guanidine groups is 1. The van der Waals surface area contributed by atoms with Gasteiger partial charge in [-0.05, 0) is 44.6 Å². The molecule has 1 amide bonds. The first-order valence-electron chi connectivity index (χ1n) is 9.07. The van der Waals surface area contributed by atoms with Gasteiger partial charge in [0.05, 0.1) is 0 Å². The molecule has 6 nitrogen and oxygen atoms in total. The van der Waals surface area contributed by atoms with Crippen molar-refractivity contribution in [1.82, 2.24) is 20.9 Å². The summed E-state index contributed by atoms with van der Waals surface area (Å²) in [4.78, 5) is 18.6. The zero-order valence-corrected chi connectivity index (χ0v) is 15.6. The number of carbonyl (C=O) groups excluding carboxylic acids is 1. The highest BCUT2D eigenvalue weighted by Gasteiger charge is 2.15. The van der Waals surface area contributed by atoms with Gasteiger partial charge in [0, 0.05) is 38.3 Å². The summed E-state index contributed by atoms with van der Waals surface area (Å²) in [7, 11) is 5.77. The number of benzene rings is 1. The first-order valence-corrected chi connectivity index (χ1v) is 9.07. The maximum atomic E-state index is 12.2. The Labute approximate surface area is 151 Å². The lowest BCUT2D eigenvalue weighted by Gasteiger charge is -2.17. The summed E-state index contributed by atoms with van der Waals surface area (Å²) < 4.78 is 0. The van der Waals surface area contributed by atoms with E-state index in [1.807, 2.05) is 43.3 Å². The van der Waals surface area contributed by atoms with E-state index in [4.69, 9.17) is 0 Å². The van der Waals surface area contributed by atoms with E-state index in [0.717, 1.165) is 18.1 Å². The molecule has 2 rings (SSSR count). The molecule has 0 unspecified atom stereocenters. The van der Waals surface area contributed by atoms with Gasteiger partial charge in [0.15, 0.2) is 5.96 Å². The van der Waals surface area contributed by atoms with Crippen LogP contribution >= 0.6 is 0 Å². The number of amides is 1. The third-order valence-electron chi connectivity index (χ3n) is 4.41. The highest BCUT2D eigenvalue weighted by Crippen LogP contribution is 2.17. The van der Waals surface area contributed by atoms with Gasteiger partial charge in [-0.2, -0.15) is 0 Å². The minimum Gasteiger partial charge on any atom is -0.354 e. The molecule has 25 heavy (non-hydrogen) atoms. The van der Waals surface area contributed by atoms with E-state index < -0.39 is 0 Å². The summed E-state index contributed by atoms with van der Waals surface area (Å²) >= 11 is 0. The van der Waals surface area contributed by atoms with E-state index in [0.29, 0.717) is 24.7 Å². The van der Waals surface area contributed by atoms with Gasteiger partial charge in [-0.3, -0.25) is 9.79 Å². The first kappa shape index (κ1) is 19.2. The Balaban J connectivity index is 1.84.